The molecule has 18 heavy (non-hydrogen) atoms. The molecule has 102 valence electrons. The Bertz CT molecular complexity index is 225. The first-order chi connectivity index (χ1) is 8.74. The molecular formula is C18H30. The van der Waals surface area contributed by atoms with Crippen LogP contribution in [0.4, 0.5) is 0 Å². The Kier molecular flexibility index (Phi) is 10.4. The zero-order chi connectivity index (χ0) is 13.7. The molecule has 0 heterocycles. The van der Waals surface area contributed by atoms with E-state index < -0.39 is 0 Å². The van der Waals surface area contributed by atoms with Crippen LogP contribution >= 0.6 is 0 Å². The van der Waals surface area contributed by atoms with Gasteiger partial charge in [0.25, 0.3) is 0 Å². The van der Waals surface area contributed by atoms with Crippen molar-refractivity contribution in [2.75, 3.05) is 0 Å². The van der Waals surface area contributed by atoms with E-state index >= 15 is 0 Å². The Hall–Kier alpha value is -1.04. The summed E-state index contributed by atoms with van der Waals surface area (Å²) in [6, 6.07) is 0. The minimum atomic E-state index is -0.0516. The number of rotatable bonds is 13. The molecule has 0 aromatic rings. The van der Waals surface area contributed by atoms with Gasteiger partial charge in [-0.3, -0.25) is 0 Å². The molecule has 0 aliphatic carbocycles. The second-order valence-corrected chi connectivity index (χ2v) is 5.03. The van der Waals surface area contributed by atoms with Crippen LogP contribution in [0.15, 0.2) is 50.6 Å². The van der Waals surface area contributed by atoms with E-state index in [-0.39, 0.29) is 5.41 Å². The second kappa shape index (κ2) is 11.1. The van der Waals surface area contributed by atoms with E-state index in [1.165, 1.54) is 51.4 Å². The normalized spacial score (nSPS) is 10.9. The van der Waals surface area contributed by atoms with Crippen LogP contribution in [-0.2, 0) is 0 Å². The first-order valence-corrected chi connectivity index (χ1v) is 7.26. The van der Waals surface area contributed by atoms with E-state index in [0.717, 1.165) is 6.42 Å². The van der Waals surface area contributed by atoms with Crippen LogP contribution in [0, 0.1) is 5.41 Å². The number of hydrogen-bond acceptors (Lipinski definition) is 0. The first-order valence-electron chi connectivity index (χ1n) is 7.26. The van der Waals surface area contributed by atoms with Crippen LogP contribution in [0.2, 0.25) is 0 Å². The molecule has 0 heteroatoms. The van der Waals surface area contributed by atoms with Gasteiger partial charge in [0, 0.05) is 5.41 Å². The van der Waals surface area contributed by atoms with Crippen molar-refractivity contribution in [1.82, 2.24) is 0 Å². The Morgan fingerprint density at radius 2 is 1.06 bits per heavy atom. The zero-order valence-corrected chi connectivity index (χ0v) is 12.0. The smallest absolute Gasteiger partial charge is 0.0234 e. The number of unbranched alkanes of at least 4 members (excludes halogenated alkanes) is 7. The predicted molar refractivity (Wildman–Crippen MR) is 84.8 cm³/mol. The average Bonchev–Trinajstić information content (AvgIpc) is 2.42. The van der Waals surface area contributed by atoms with Crippen molar-refractivity contribution in [3.63, 3.8) is 0 Å². The average molecular weight is 246 g/mol. The standard InChI is InChI=1S/C18H30/c1-5-9-10-11-12-13-14-15-16-17-18(6-2,7-3)8-4/h5-8H,1-4,9-17H2. The third kappa shape index (κ3) is 7.32. The fourth-order valence-electron chi connectivity index (χ4n) is 2.16. The van der Waals surface area contributed by atoms with Gasteiger partial charge in [-0.25, -0.2) is 0 Å². The maximum Gasteiger partial charge on any atom is 0.0234 e. The minimum absolute atomic E-state index is 0.0516. The largest absolute Gasteiger partial charge is 0.103 e. The van der Waals surface area contributed by atoms with E-state index in [9.17, 15) is 0 Å². The fraction of sp³-hybridized carbons (Fsp3) is 0.556. The van der Waals surface area contributed by atoms with Gasteiger partial charge >= 0.3 is 0 Å². The van der Waals surface area contributed by atoms with Crippen molar-refractivity contribution in [3.05, 3.63) is 50.6 Å². The van der Waals surface area contributed by atoms with Crippen molar-refractivity contribution < 1.29 is 0 Å². The molecule has 0 aromatic heterocycles. The van der Waals surface area contributed by atoms with Gasteiger partial charge < -0.3 is 0 Å². The molecule has 0 N–H and O–H groups in total. The van der Waals surface area contributed by atoms with Crippen LogP contribution in [0.1, 0.15) is 57.8 Å². The topological polar surface area (TPSA) is 0 Å². The molecule has 0 saturated heterocycles. The Balaban J connectivity index is 3.49. The van der Waals surface area contributed by atoms with Crippen molar-refractivity contribution in [2.24, 2.45) is 5.41 Å². The van der Waals surface area contributed by atoms with Crippen LogP contribution in [0.3, 0.4) is 0 Å². The first kappa shape index (κ1) is 17.0. The third-order valence-corrected chi connectivity index (χ3v) is 3.66. The zero-order valence-electron chi connectivity index (χ0n) is 12.0. The van der Waals surface area contributed by atoms with Crippen molar-refractivity contribution in [3.8, 4) is 0 Å². The Morgan fingerprint density at radius 3 is 1.50 bits per heavy atom. The van der Waals surface area contributed by atoms with Gasteiger partial charge in [0.2, 0.25) is 0 Å². The molecule has 0 nitrogen and oxygen atoms in total. The van der Waals surface area contributed by atoms with Gasteiger partial charge in [0.05, 0.1) is 0 Å². The summed E-state index contributed by atoms with van der Waals surface area (Å²) in [6.45, 7) is 15.4. The minimum Gasteiger partial charge on any atom is -0.103 e. The molecule has 0 aliphatic heterocycles. The maximum absolute atomic E-state index is 3.88. The monoisotopic (exact) mass is 246 g/mol. The van der Waals surface area contributed by atoms with Crippen LogP contribution in [-0.4, -0.2) is 0 Å². The highest BCUT2D eigenvalue weighted by molar-refractivity contribution is 5.15. The summed E-state index contributed by atoms with van der Waals surface area (Å²) in [4.78, 5) is 0. The molecular weight excluding hydrogens is 216 g/mol. The number of allylic oxidation sites excluding steroid dienone is 4. The molecule has 0 rings (SSSR count). The van der Waals surface area contributed by atoms with E-state index in [4.69, 9.17) is 0 Å². The van der Waals surface area contributed by atoms with Gasteiger partial charge in [-0.05, 0) is 19.3 Å². The van der Waals surface area contributed by atoms with Gasteiger partial charge in [0.15, 0.2) is 0 Å². The predicted octanol–water partition coefficient (Wildman–Crippen LogP) is 6.23. The highest BCUT2D eigenvalue weighted by Gasteiger charge is 2.16. The number of hydrogen-bond donors (Lipinski definition) is 0. The molecule has 0 aromatic carbocycles. The Morgan fingerprint density at radius 1 is 0.611 bits per heavy atom. The van der Waals surface area contributed by atoms with Gasteiger partial charge in [-0.15, -0.1) is 26.3 Å². The van der Waals surface area contributed by atoms with E-state index in [2.05, 4.69) is 26.3 Å². The van der Waals surface area contributed by atoms with Crippen molar-refractivity contribution >= 4 is 0 Å². The van der Waals surface area contributed by atoms with E-state index in [1.807, 2.05) is 24.3 Å². The lowest BCUT2D eigenvalue weighted by molar-refractivity contribution is 0.497. The molecule has 0 spiro atoms. The molecule has 0 unspecified atom stereocenters. The molecule has 0 atom stereocenters. The quantitative estimate of drug-likeness (QED) is 0.267. The fourth-order valence-corrected chi connectivity index (χ4v) is 2.16. The second-order valence-electron chi connectivity index (χ2n) is 5.03. The summed E-state index contributed by atoms with van der Waals surface area (Å²) in [7, 11) is 0. The third-order valence-electron chi connectivity index (χ3n) is 3.66. The van der Waals surface area contributed by atoms with Crippen LogP contribution in [0.5, 0.6) is 0 Å². The lowest BCUT2D eigenvalue weighted by atomic mass is 9.83. The summed E-state index contributed by atoms with van der Waals surface area (Å²) in [6.07, 6.45) is 19.4. The van der Waals surface area contributed by atoms with Gasteiger partial charge in [0.1, 0.15) is 0 Å². The lowest BCUT2D eigenvalue weighted by Gasteiger charge is -2.21. The maximum atomic E-state index is 3.88. The summed E-state index contributed by atoms with van der Waals surface area (Å²) in [5, 5.41) is 0. The van der Waals surface area contributed by atoms with Gasteiger partial charge in [-0.1, -0.05) is 62.8 Å². The van der Waals surface area contributed by atoms with Crippen LogP contribution < -0.4 is 0 Å². The van der Waals surface area contributed by atoms with E-state index in [1.54, 1.807) is 0 Å². The van der Waals surface area contributed by atoms with Crippen molar-refractivity contribution in [1.29, 1.82) is 0 Å². The summed E-state index contributed by atoms with van der Waals surface area (Å²) < 4.78 is 0. The van der Waals surface area contributed by atoms with Crippen molar-refractivity contribution in [2.45, 2.75) is 57.8 Å². The van der Waals surface area contributed by atoms with Crippen LogP contribution in [0.25, 0.3) is 0 Å². The molecule has 0 fully saturated rings. The SMILES string of the molecule is C=CCCCCCCCCCC(C=C)(C=C)C=C. The molecule has 0 aliphatic rings. The lowest BCUT2D eigenvalue weighted by Crippen LogP contribution is -2.09. The highest BCUT2D eigenvalue weighted by atomic mass is 14.2. The summed E-state index contributed by atoms with van der Waals surface area (Å²) >= 11 is 0. The Labute approximate surface area is 114 Å². The molecule has 0 saturated carbocycles. The summed E-state index contributed by atoms with van der Waals surface area (Å²) in [5.74, 6) is 0. The molecule has 0 radical (unpaired) electrons. The molecule has 0 bridgehead atoms. The van der Waals surface area contributed by atoms with Gasteiger partial charge in [-0.2, -0.15) is 0 Å². The highest BCUT2D eigenvalue weighted by Crippen LogP contribution is 2.29. The van der Waals surface area contributed by atoms with E-state index in [0.29, 0.717) is 0 Å². The molecule has 0 amide bonds. The summed E-state index contributed by atoms with van der Waals surface area (Å²) in [5.41, 5.74) is -0.0516.